The Morgan fingerprint density at radius 3 is 2.67 bits per heavy atom. The molecule has 0 radical (unpaired) electrons. The molecule has 1 heterocycles. The van der Waals surface area contributed by atoms with Crippen LogP contribution in [0.5, 0.6) is 5.75 Å². The molecule has 1 aliphatic carbocycles. The SMILES string of the molecule is COc1ccc2c(c1)CCC(c1ccncc1)=C2. The number of nitrogens with zero attached hydrogens (tertiary/aromatic N) is 1. The van der Waals surface area contributed by atoms with E-state index in [9.17, 15) is 0 Å². The van der Waals surface area contributed by atoms with Gasteiger partial charge in [0, 0.05) is 12.4 Å². The van der Waals surface area contributed by atoms with Crippen molar-refractivity contribution in [2.45, 2.75) is 12.8 Å². The lowest BCUT2D eigenvalue weighted by molar-refractivity contribution is 0.414. The van der Waals surface area contributed by atoms with Crippen molar-refractivity contribution in [2.75, 3.05) is 7.11 Å². The molecule has 0 amide bonds. The summed E-state index contributed by atoms with van der Waals surface area (Å²) < 4.78 is 5.26. The van der Waals surface area contributed by atoms with Gasteiger partial charge in [-0.25, -0.2) is 0 Å². The molecule has 1 aromatic heterocycles. The lowest BCUT2D eigenvalue weighted by atomic mass is 9.89. The van der Waals surface area contributed by atoms with E-state index in [-0.39, 0.29) is 0 Å². The lowest BCUT2D eigenvalue weighted by Crippen LogP contribution is -1.99. The predicted octanol–water partition coefficient (Wildman–Crippen LogP) is 3.58. The maximum Gasteiger partial charge on any atom is 0.119 e. The first kappa shape index (κ1) is 11.0. The fourth-order valence-electron chi connectivity index (χ4n) is 2.39. The molecule has 0 saturated carbocycles. The van der Waals surface area contributed by atoms with Crippen LogP contribution < -0.4 is 4.74 Å². The molecule has 1 aliphatic rings. The van der Waals surface area contributed by atoms with Crippen molar-refractivity contribution >= 4 is 11.6 Å². The number of ether oxygens (including phenoxy) is 1. The van der Waals surface area contributed by atoms with Crippen molar-refractivity contribution < 1.29 is 4.74 Å². The van der Waals surface area contributed by atoms with E-state index in [2.05, 4.69) is 35.3 Å². The number of aromatic nitrogens is 1. The summed E-state index contributed by atoms with van der Waals surface area (Å²) in [6.45, 7) is 0. The van der Waals surface area contributed by atoms with Gasteiger partial charge in [-0.3, -0.25) is 4.98 Å². The highest BCUT2D eigenvalue weighted by atomic mass is 16.5. The molecule has 0 aliphatic heterocycles. The van der Waals surface area contributed by atoms with Crippen molar-refractivity contribution in [1.29, 1.82) is 0 Å². The molecule has 2 heteroatoms. The second-order valence-corrected chi connectivity index (χ2v) is 4.47. The van der Waals surface area contributed by atoms with Crippen LogP contribution in [0.1, 0.15) is 23.1 Å². The van der Waals surface area contributed by atoms with Crippen LogP contribution in [0.2, 0.25) is 0 Å². The number of fused-ring (bicyclic) bond motifs is 1. The Morgan fingerprint density at radius 2 is 1.89 bits per heavy atom. The molecule has 90 valence electrons. The van der Waals surface area contributed by atoms with E-state index in [0.717, 1.165) is 18.6 Å². The first-order valence-corrected chi connectivity index (χ1v) is 6.15. The van der Waals surface area contributed by atoms with Crippen LogP contribution in [0.4, 0.5) is 0 Å². The summed E-state index contributed by atoms with van der Waals surface area (Å²) in [6, 6.07) is 10.4. The molecule has 0 saturated heterocycles. The molecule has 2 nitrogen and oxygen atoms in total. The summed E-state index contributed by atoms with van der Waals surface area (Å²) in [7, 11) is 1.71. The number of pyridine rings is 1. The second-order valence-electron chi connectivity index (χ2n) is 4.47. The summed E-state index contributed by atoms with van der Waals surface area (Å²) >= 11 is 0. The highest BCUT2D eigenvalue weighted by Gasteiger charge is 2.12. The van der Waals surface area contributed by atoms with E-state index in [4.69, 9.17) is 4.74 Å². The van der Waals surface area contributed by atoms with Gasteiger partial charge in [0.2, 0.25) is 0 Å². The number of allylic oxidation sites excluding steroid dienone is 1. The predicted molar refractivity (Wildman–Crippen MR) is 73.4 cm³/mol. The van der Waals surface area contributed by atoms with Gasteiger partial charge in [0.25, 0.3) is 0 Å². The highest BCUT2D eigenvalue weighted by molar-refractivity contribution is 5.84. The van der Waals surface area contributed by atoms with Gasteiger partial charge in [-0.1, -0.05) is 12.1 Å². The third-order valence-electron chi connectivity index (χ3n) is 3.39. The number of benzene rings is 1. The molecule has 0 atom stereocenters. The molecule has 0 N–H and O–H groups in total. The van der Waals surface area contributed by atoms with Gasteiger partial charge in [0.15, 0.2) is 0 Å². The second kappa shape index (κ2) is 4.65. The Balaban J connectivity index is 1.99. The molecule has 2 aromatic rings. The van der Waals surface area contributed by atoms with E-state index >= 15 is 0 Å². The van der Waals surface area contributed by atoms with Gasteiger partial charge in [-0.15, -0.1) is 0 Å². The van der Waals surface area contributed by atoms with Crippen LogP contribution in [0, 0.1) is 0 Å². The largest absolute Gasteiger partial charge is 0.497 e. The zero-order valence-corrected chi connectivity index (χ0v) is 10.4. The minimum absolute atomic E-state index is 0.939. The van der Waals surface area contributed by atoms with E-state index in [1.807, 2.05) is 18.5 Å². The number of rotatable bonds is 2. The number of hydrogen-bond donors (Lipinski definition) is 0. The van der Waals surface area contributed by atoms with Crippen LogP contribution >= 0.6 is 0 Å². The monoisotopic (exact) mass is 237 g/mol. The average Bonchev–Trinajstić information content (AvgIpc) is 2.47. The Kier molecular flexibility index (Phi) is 2.85. The molecular formula is C16H15NO. The molecular weight excluding hydrogens is 222 g/mol. The van der Waals surface area contributed by atoms with Gasteiger partial charge >= 0.3 is 0 Å². The van der Waals surface area contributed by atoms with E-state index < -0.39 is 0 Å². The van der Waals surface area contributed by atoms with Crippen molar-refractivity contribution in [3.8, 4) is 5.75 Å². The molecule has 0 bridgehead atoms. The average molecular weight is 237 g/mol. The van der Waals surface area contributed by atoms with Crippen LogP contribution in [-0.4, -0.2) is 12.1 Å². The van der Waals surface area contributed by atoms with E-state index in [1.54, 1.807) is 7.11 Å². The fraction of sp³-hybridized carbons (Fsp3) is 0.188. The van der Waals surface area contributed by atoms with Gasteiger partial charge < -0.3 is 4.74 Å². The first-order chi connectivity index (χ1) is 8.86. The molecule has 0 fully saturated rings. The Labute approximate surface area is 107 Å². The molecule has 0 unspecified atom stereocenters. The first-order valence-electron chi connectivity index (χ1n) is 6.15. The van der Waals surface area contributed by atoms with Gasteiger partial charge in [0.1, 0.15) is 5.75 Å². The minimum Gasteiger partial charge on any atom is -0.497 e. The number of aryl methyl sites for hydroxylation is 1. The summed E-state index contributed by atoms with van der Waals surface area (Å²) in [4.78, 5) is 4.06. The van der Waals surface area contributed by atoms with Gasteiger partial charge in [-0.05, 0) is 59.4 Å². The summed E-state index contributed by atoms with van der Waals surface area (Å²) in [5.74, 6) is 0.939. The van der Waals surface area contributed by atoms with E-state index in [1.165, 1.54) is 22.3 Å². The van der Waals surface area contributed by atoms with Crippen molar-refractivity contribution in [3.05, 3.63) is 59.4 Å². The topological polar surface area (TPSA) is 22.1 Å². The zero-order valence-electron chi connectivity index (χ0n) is 10.4. The molecule has 18 heavy (non-hydrogen) atoms. The third kappa shape index (κ3) is 2.02. The molecule has 1 aromatic carbocycles. The van der Waals surface area contributed by atoms with Gasteiger partial charge in [-0.2, -0.15) is 0 Å². The Bertz CT molecular complexity index is 587. The Hall–Kier alpha value is -2.09. The van der Waals surface area contributed by atoms with E-state index in [0.29, 0.717) is 0 Å². The normalized spacial score (nSPS) is 13.7. The Morgan fingerprint density at radius 1 is 1.06 bits per heavy atom. The number of hydrogen-bond acceptors (Lipinski definition) is 2. The standard InChI is InChI=1S/C16H15NO/c1-18-16-5-4-14-10-13(2-3-15(14)11-16)12-6-8-17-9-7-12/h4-11H,2-3H2,1H3. The van der Waals surface area contributed by atoms with Crippen LogP contribution in [0.25, 0.3) is 11.6 Å². The van der Waals surface area contributed by atoms with Crippen LogP contribution in [0.3, 0.4) is 0 Å². The van der Waals surface area contributed by atoms with Crippen LogP contribution in [0.15, 0.2) is 42.7 Å². The fourth-order valence-corrected chi connectivity index (χ4v) is 2.39. The maximum absolute atomic E-state index is 5.26. The molecule has 0 spiro atoms. The minimum atomic E-state index is 0.939. The molecule has 3 rings (SSSR count). The smallest absolute Gasteiger partial charge is 0.119 e. The summed E-state index contributed by atoms with van der Waals surface area (Å²) in [5, 5.41) is 0. The quantitative estimate of drug-likeness (QED) is 0.796. The third-order valence-corrected chi connectivity index (χ3v) is 3.39. The van der Waals surface area contributed by atoms with Gasteiger partial charge in [0.05, 0.1) is 7.11 Å². The van der Waals surface area contributed by atoms with Crippen molar-refractivity contribution in [1.82, 2.24) is 4.98 Å². The maximum atomic E-state index is 5.26. The lowest BCUT2D eigenvalue weighted by Gasteiger charge is -2.17. The van der Waals surface area contributed by atoms with Crippen LogP contribution in [-0.2, 0) is 6.42 Å². The van der Waals surface area contributed by atoms with Crippen molar-refractivity contribution in [2.24, 2.45) is 0 Å². The van der Waals surface area contributed by atoms with Crippen molar-refractivity contribution in [3.63, 3.8) is 0 Å². The number of methoxy groups -OCH3 is 1. The summed E-state index contributed by atoms with van der Waals surface area (Å²) in [6.07, 6.45) is 8.11. The zero-order chi connectivity index (χ0) is 12.4. The highest BCUT2D eigenvalue weighted by Crippen LogP contribution is 2.31. The summed E-state index contributed by atoms with van der Waals surface area (Å²) in [5.41, 5.74) is 5.32.